The highest BCUT2D eigenvalue weighted by molar-refractivity contribution is 7.09. The normalized spacial score (nSPS) is 17.0. The number of aliphatic hydroxyl groups excluding tert-OH is 1. The second-order valence-electron chi connectivity index (χ2n) is 6.15. The zero-order chi connectivity index (χ0) is 18.9. The quantitative estimate of drug-likeness (QED) is 0.819. The summed E-state index contributed by atoms with van der Waals surface area (Å²) in [5.74, 6) is 0. The van der Waals surface area contributed by atoms with Crippen LogP contribution in [0.3, 0.4) is 0 Å². The Kier molecular flexibility index (Phi) is 5.19. The molecule has 2 aromatic rings. The third-order valence-electron chi connectivity index (χ3n) is 4.17. The molecule has 0 bridgehead atoms. The Morgan fingerprint density at radius 2 is 1.85 bits per heavy atom. The molecule has 0 spiro atoms. The number of urea groups is 1. The van der Waals surface area contributed by atoms with E-state index < -0.39 is 17.8 Å². The molecule has 0 unspecified atom stereocenters. The van der Waals surface area contributed by atoms with Crippen LogP contribution in [0.15, 0.2) is 35.5 Å². The third kappa shape index (κ3) is 4.16. The third-order valence-corrected chi connectivity index (χ3v) is 5.07. The molecule has 0 saturated carbocycles. The van der Waals surface area contributed by atoms with Crippen LogP contribution in [-0.2, 0) is 6.18 Å². The van der Waals surface area contributed by atoms with E-state index in [1.807, 2.05) is 6.92 Å². The van der Waals surface area contributed by atoms with Crippen LogP contribution in [0, 0.1) is 6.92 Å². The summed E-state index contributed by atoms with van der Waals surface area (Å²) in [5.41, 5.74) is -0.224. The summed E-state index contributed by atoms with van der Waals surface area (Å²) in [6.07, 6.45) is -2.01. The van der Waals surface area contributed by atoms with Gasteiger partial charge < -0.3 is 10.0 Å². The van der Waals surface area contributed by atoms with Crippen molar-refractivity contribution in [2.75, 3.05) is 13.1 Å². The number of alkyl halides is 3. The van der Waals surface area contributed by atoms with Gasteiger partial charge in [0.1, 0.15) is 0 Å². The minimum Gasteiger partial charge on any atom is -0.393 e. The molecular formula is C17H18F3N3O2S. The number of benzene rings is 1. The number of likely N-dealkylation sites (tertiary alicyclic amines) is 1. The molecule has 140 valence electrons. The predicted octanol–water partition coefficient (Wildman–Crippen LogP) is 3.34. The van der Waals surface area contributed by atoms with Gasteiger partial charge >= 0.3 is 12.2 Å². The molecule has 1 aromatic heterocycles. The second-order valence-corrected chi connectivity index (χ2v) is 7.36. The molecule has 1 aliphatic heterocycles. The first-order chi connectivity index (χ1) is 12.2. The number of aryl methyl sites for hydroxylation is 1. The maximum absolute atomic E-state index is 12.7. The molecule has 1 aliphatic rings. The number of carbonyl (C=O) groups is 1. The molecular weight excluding hydrogens is 367 g/mol. The number of hydrogen-bond acceptors (Lipinski definition) is 3. The lowest BCUT2D eigenvalue weighted by atomic mass is 10.1. The van der Waals surface area contributed by atoms with Crippen molar-refractivity contribution < 1.29 is 23.1 Å². The zero-order valence-electron chi connectivity index (χ0n) is 14.0. The van der Waals surface area contributed by atoms with E-state index in [2.05, 4.69) is 4.99 Å². The van der Waals surface area contributed by atoms with Crippen LogP contribution < -0.4 is 4.80 Å². The molecule has 9 heteroatoms. The first-order valence-corrected chi connectivity index (χ1v) is 8.94. The molecule has 26 heavy (non-hydrogen) atoms. The van der Waals surface area contributed by atoms with E-state index in [4.69, 9.17) is 0 Å². The molecule has 0 aliphatic carbocycles. The summed E-state index contributed by atoms with van der Waals surface area (Å²) < 4.78 is 39.8. The van der Waals surface area contributed by atoms with Crippen molar-refractivity contribution in [1.29, 1.82) is 0 Å². The van der Waals surface area contributed by atoms with Crippen molar-refractivity contribution in [3.8, 4) is 5.69 Å². The van der Waals surface area contributed by atoms with Gasteiger partial charge in [0.2, 0.25) is 0 Å². The lowest BCUT2D eigenvalue weighted by Gasteiger charge is -2.27. The van der Waals surface area contributed by atoms with Gasteiger partial charge in [-0.2, -0.15) is 18.2 Å². The Morgan fingerprint density at radius 1 is 1.23 bits per heavy atom. The van der Waals surface area contributed by atoms with Gasteiger partial charge in [-0.25, -0.2) is 4.79 Å². The number of thiazole rings is 1. The molecule has 2 amide bonds. The molecule has 0 radical (unpaired) electrons. The molecule has 2 heterocycles. The van der Waals surface area contributed by atoms with Gasteiger partial charge in [0.05, 0.1) is 11.7 Å². The van der Waals surface area contributed by atoms with Gasteiger partial charge in [0.15, 0.2) is 4.80 Å². The minimum atomic E-state index is -4.39. The zero-order valence-corrected chi connectivity index (χ0v) is 14.8. The summed E-state index contributed by atoms with van der Waals surface area (Å²) in [6, 6.07) is 4.32. The topological polar surface area (TPSA) is 57.8 Å². The number of halogens is 3. The van der Waals surface area contributed by atoms with Crippen molar-refractivity contribution in [3.63, 3.8) is 0 Å². The van der Waals surface area contributed by atoms with E-state index in [0.29, 0.717) is 36.4 Å². The van der Waals surface area contributed by atoms with E-state index in [1.165, 1.54) is 23.5 Å². The van der Waals surface area contributed by atoms with Crippen molar-refractivity contribution >= 4 is 17.4 Å². The Morgan fingerprint density at radius 3 is 2.42 bits per heavy atom. The summed E-state index contributed by atoms with van der Waals surface area (Å²) in [4.78, 5) is 19.4. The Labute approximate surface area is 152 Å². The highest BCUT2D eigenvalue weighted by atomic mass is 32.1. The van der Waals surface area contributed by atoms with Crippen molar-refractivity contribution in [2.24, 2.45) is 4.99 Å². The maximum Gasteiger partial charge on any atom is 0.416 e. The van der Waals surface area contributed by atoms with Gasteiger partial charge in [0, 0.05) is 29.9 Å². The molecule has 5 nitrogen and oxygen atoms in total. The lowest BCUT2D eigenvalue weighted by Crippen LogP contribution is -2.39. The van der Waals surface area contributed by atoms with Gasteiger partial charge in [0.25, 0.3) is 0 Å². The first-order valence-electron chi connectivity index (χ1n) is 8.12. The largest absolute Gasteiger partial charge is 0.416 e. The Balaban J connectivity index is 1.89. The summed E-state index contributed by atoms with van der Waals surface area (Å²) in [6.45, 7) is 2.72. The molecule has 1 saturated heterocycles. The Hall–Kier alpha value is -2.13. The minimum absolute atomic E-state index is 0.389. The number of hydrogen-bond donors (Lipinski definition) is 1. The monoisotopic (exact) mass is 385 g/mol. The number of piperidine rings is 1. The van der Waals surface area contributed by atoms with Gasteiger partial charge in [-0.3, -0.25) is 4.57 Å². The van der Waals surface area contributed by atoms with Crippen molar-refractivity contribution in [1.82, 2.24) is 9.47 Å². The van der Waals surface area contributed by atoms with Gasteiger partial charge in [-0.05, 0) is 44.0 Å². The fourth-order valence-corrected chi connectivity index (χ4v) is 3.57. The van der Waals surface area contributed by atoms with Crippen LogP contribution in [0.2, 0.25) is 0 Å². The summed E-state index contributed by atoms with van der Waals surface area (Å²) in [7, 11) is 0. The molecule has 1 fully saturated rings. The molecule has 0 atom stereocenters. The van der Waals surface area contributed by atoms with Gasteiger partial charge in [-0.15, -0.1) is 11.3 Å². The molecule has 1 aromatic carbocycles. The van der Waals surface area contributed by atoms with Crippen LogP contribution in [0.4, 0.5) is 18.0 Å². The molecule has 1 N–H and O–H groups in total. The Bertz CT molecular complexity index is 847. The maximum atomic E-state index is 12.7. The predicted molar refractivity (Wildman–Crippen MR) is 91.2 cm³/mol. The van der Waals surface area contributed by atoms with Crippen LogP contribution in [0.5, 0.6) is 0 Å². The lowest BCUT2D eigenvalue weighted by molar-refractivity contribution is -0.137. The number of amides is 2. The number of aromatic nitrogens is 1. The summed E-state index contributed by atoms with van der Waals surface area (Å²) in [5, 5.41) is 9.52. The fraction of sp³-hybridized carbons (Fsp3) is 0.412. The number of nitrogens with zero attached hydrogens (tertiary/aromatic N) is 3. The number of aliphatic hydroxyl groups is 1. The van der Waals surface area contributed by atoms with Crippen molar-refractivity contribution in [2.45, 2.75) is 32.0 Å². The first kappa shape index (κ1) is 18.7. The highest BCUT2D eigenvalue weighted by Gasteiger charge is 2.30. The average Bonchev–Trinajstić information content (AvgIpc) is 2.95. The summed E-state index contributed by atoms with van der Waals surface area (Å²) >= 11 is 1.29. The highest BCUT2D eigenvalue weighted by Crippen LogP contribution is 2.29. The number of rotatable bonds is 1. The van der Waals surface area contributed by atoms with E-state index in [9.17, 15) is 23.1 Å². The number of carbonyl (C=O) groups excluding carboxylic acids is 1. The van der Waals surface area contributed by atoms with Gasteiger partial charge in [-0.1, -0.05) is 0 Å². The van der Waals surface area contributed by atoms with E-state index in [-0.39, 0.29) is 6.10 Å². The SMILES string of the molecule is Cc1cn(-c2ccc(C(F)(F)F)cc2)/c(=N/C(=O)N2CCC(O)CC2)s1. The smallest absolute Gasteiger partial charge is 0.393 e. The van der Waals surface area contributed by atoms with E-state index in [1.54, 1.807) is 15.7 Å². The second kappa shape index (κ2) is 7.24. The van der Waals surface area contributed by atoms with Crippen LogP contribution in [0.1, 0.15) is 23.3 Å². The van der Waals surface area contributed by atoms with E-state index in [0.717, 1.165) is 17.0 Å². The van der Waals surface area contributed by atoms with Crippen LogP contribution in [0.25, 0.3) is 5.69 Å². The van der Waals surface area contributed by atoms with E-state index >= 15 is 0 Å². The molecule has 3 rings (SSSR count). The van der Waals surface area contributed by atoms with Crippen molar-refractivity contribution in [3.05, 3.63) is 45.7 Å². The standard InChI is InChI=1S/C17H18F3N3O2S/c1-11-10-23(13-4-2-12(3-5-13)17(18,19)20)16(26-11)21-15(25)22-8-6-14(24)7-9-22/h2-5,10,14,24H,6-9H2,1H3/b21-16-. The van der Waals surface area contributed by atoms with Crippen LogP contribution >= 0.6 is 11.3 Å². The van der Waals surface area contributed by atoms with Crippen LogP contribution in [-0.4, -0.2) is 39.8 Å². The fourth-order valence-electron chi connectivity index (χ4n) is 2.74. The average molecular weight is 385 g/mol.